The third-order valence-electron chi connectivity index (χ3n) is 2.54. The minimum absolute atomic E-state index is 0.0679. The minimum Gasteiger partial charge on any atom is -0.354 e. The first-order valence-electron chi connectivity index (χ1n) is 4.66. The third kappa shape index (κ3) is 1.22. The number of carbonyl (C=O) groups is 1. The van der Waals surface area contributed by atoms with Crippen LogP contribution in [0.1, 0.15) is 6.42 Å². The van der Waals surface area contributed by atoms with Crippen LogP contribution in [0.15, 0.2) is 39.5 Å². The Labute approximate surface area is 91.6 Å². The molecular formula is C10H8ClN3O. The quantitative estimate of drug-likeness (QED) is 0.666. The summed E-state index contributed by atoms with van der Waals surface area (Å²) in [6.45, 7) is 0.596. The van der Waals surface area contributed by atoms with E-state index in [2.05, 4.69) is 10.3 Å². The van der Waals surface area contributed by atoms with Crippen LogP contribution in [-0.2, 0) is 4.79 Å². The number of hydrogen-bond donors (Lipinski definition) is 1. The van der Waals surface area contributed by atoms with Crippen LogP contribution in [0, 0.1) is 0 Å². The maximum absolute atomic E-state index is 11.6. The average molecular weight is 222 g/mol. The topological polar surface area (TPSA) is 44.7 Å². The van der Waals surface area contributed by atoms with Crippen molar-refractivity contribution in [1.82, 2.24) is 10.2 Å². The van der Waals surface area contributed by atoms with Gasteiger partial charge in [-0.2, -0.15) is 0 Å². The monoisotopic (exact) mass is 221 g/mol. The highest BCUT2D eigenvalue weighted by atomic mass is 35.5. The van der Waals surface area contributed by atoms with Gasteiger partial charge in [-0.25, -0.2) is 4.99 Å². The summed E-state index contributed by atoms with van der Waals surface area (Å²) in [5, 5.41) is 3.73. The number of carbonyl (C=O) groups excluding carboxylic acids is 1. The first kappa shape index (κ1) is 8.73. The van der Waals surface area contributed by atoms with E-state index in [-0.39, 0.29) is 5.78 Å². The molecule has 1 N–H and O–H groups in total. The fourth-order valence-electron chi connectivity index (χ4n) is 1.85. The van der Waals surface area contributed by atoms with Gasteiger partial charge >= 0.3 is 0 Å². The molecule has 4 nitrogen and oxygen atoms in total. The van der Waals surface area contributed by atoms with Gasteiger partial charge in [0.25, 0.3) is 0 Å². The summed E-state index contributed by atoms with van der Waals surface area (Å²) in [4.78, 5) is 17.8. The molecule has 15 heavy (non-hydrogen) atoms. The molecule has 0 aromatic rings. The van der Waals surface area contributed by atoms with Crippen molar-refractivity contribution < 1.29 is 4.79 Å². The molecule has 0 unspecified atom stereocenters. The van der Waals surface area contributed by atoms with Gasteiger partial charge in [-0.15, -0.1) is 0 Å². The number of halogens is 1. The summed E-state index contributed by atoms with van der Waals surface area (Å²) in [5.41, 5.74) is 1.52. The van der Waals surface area contributed by atoms with Gasteiger partial charge in [-0.05, 0) is 6.08 Å². The molecule has 0 aliphatic carbocycles. The van der Waals surface area contributed by atoms with E-state index in [0.717, 1.165) is 10.7 Å². The van der Waals surface area contributed by atoms with Crippen LogP contribution in [0.3, 0.4) is 0 Å². The highest BCUT2D eigenvalue weighted by molar-refractivity contribution is 6.30. The van der Waals surface area contributed by atoms with Gasteiger partial charge in [0.15, 0.2) is 11.6 Å². The largest absolute Gasteiger partial charge is 0.354 e. The van der Waals surface area contributed by atoms with E-state index in [1.165, 1.54) is 0 Å². The van der Waals surface area contributed by atoms with Gasteiger partial charge in [0, 0.05) is 23.9 Å². The van der Waals surface area contributed by atoms with E-state index in [1.807, 2.05) is 11.0 Å². The van der Waals surface area contributed by atoms with Gasteiger partial charge in [0.1, 0.15) is 5.70 Å². The van der Waals surface area contributed by atoms with Crippen molar-refractivity contribution >= 4 is 23.6 Å². The molecule has 0 fully saturated rings. The van der Waals surface area contributed by atoms with Crippen molar-refractivity contribution in [2.45, 2.75) is 6.42 Å². The summed E-state index contributed by atoms with van der Waals surface area (Å²) in [7, 11) is 0. The van der Waals surface area contributed by atoms with Crippen molar-refractivity contribution in [3.8, 4) is 0 Å². The van der Waals surface area contributed by atoms with Gasteiger partial charge in [-0.1, -0.05) is 11.6 Å². The van der Waals surface area contributed by atoms with Crippen LogP contribution < -0.4 is 5.32 Å². The normalized spacial score (nSPS) is 23.3. The predicted molar refractivity (Wildman–Crippen MR) is 57.0 cm³/mol. The Hall–Kier alpha value is -1.55. The molecule has 0 radical (unpaired) electrons. The molecule has 0 spiro atoms. The number of rotatable bonds is 0. The standard InChI is InChI=1S/C10H8ClN3O/c11-6-3-7-4-13-9-8(15)1-2-12-10(9)14(7)5-6/h2-4,13H,1,5H2. The van der Waals surface area contributed by atoms with Gasteiger partial charge < -0.3 is 10.2 Å². The number of aliphatic imine (C=N–C) groups is 1. The number of Topliss-reactive ketones (excluding diaryl/α,β-unsaturated/α-hetero) is 1. The van der Waals surface area contributed by atoms with Crippen LogP contribution >= 0.6 is 11.6 Å². The molecule has 5 heteroatoms. The van der Waals surface area contributed by atoms with E-state index in [0.29, 0.717) is 24.5 Å². The van der Waals surface area contributed by atoms with Crippen molar-refractivity contribution in [2.24, 2.45) is 4.99 Å². The third-order valence-corrected chi connectivity index (χ3v) is 2.77. The van der Waals surface area contributed by atoms with Crippen molar-refractivity contribution in [3.05, 3.63) is 34.5 Å². The zero-order valence-corrected chi connectivity index (χ0v) is 8.58. The number of fused-ring (bicyclic) bond motifs is 2. The number of nitrogens with zero attached hydrogens (tertiary/aromatic N) is 2. The molecule has 0 amide bonds. The maximum Gasteiger partial charge on any atom is 0.188 e. The van der Waals surface area contributed by atoms with E-state index in [4.69, 9.17) is 11.6 Å². The second-order valence-corrected chi connectivity index (χ2v) is 4.01. The van der Waals surface area contributed by atoms with Crippen LogP contribution in [0.5, 0.6) is 0 Å². The highest BCUT2D eigenvalue weighted by Gasteiger charge is 2.30. The van der Waals surface area contributed by atoms with Crippen molar-refractivity contribution in [2.75, 3.05) is 6.54 Å². The zero-order valence-electron chi connectivity index (χ0n) is 7.83. The summed E-state index contributed by atoms with van der Waals surface area (Å²) >= 11 is 5.95. The summed E-state index contributed by atoms with van der Waals surface area (Å²) in [5.74, 6) is 0.744. The Morgan fingerprint density at radius 2 is 2.40 bits per heavy atom. The molecule has 0 bridgehead atoms. The molecule has 76 valence electrons. The minimum atomic E-state index is 0.0679. The molecule has 0 aromatic carbocycles. The fourth-order valence-corrected chi connectivity index (χ4v) is 2.08. The lowest BCUT2D eigenvalue weighted by Crippen LogP contribution is -2.33. The van der Waals surface area contributed by atoms with Crippen LogP contribution in [-0.4, -0.2) is 23.4 Å². The lowest BCUT2D eigenvalue weighted by Gasteiger charge is -2.28. The first-order chi connectivity index (χ1) is 7.25. The molecular weight excluding hydrogens is 214 g/mol. The van der Waals surface area contributed by atoms with Crippen LogP contribution in [0.25, 0.3) is 0 Å². The van der Waals surface area contributed by atoms with E-state index >= 15 is 0 Å². The Morgan fingerprint density at radius 1 is 1.53 bits per heavy atom. The second kappa shape index (κ2) is 2.97. The SMILES string of the molecule is O=C1CC=NC2=C1NC=C1C=C(Cl)CN12. The van der Waals surface area contributed by atoms with E-state index in [1.54, 1.807) is 12.4 Å². The zero-order chi connectivity index (χ0) is 10.4. The molecule has 0 atom stereocenters. The fraction of sp³-hybridized carbons (Fsp3) is 0.200. The Morgan fingerprint density at radius 3 is 3.27 bits per heavy atom. The summed E-state index contributed by atoms with van der Waals surface area (Å²) in [6, 6.07) is 0. The Kier molecular flexibility index (Phi) is 1.73. The number of nitrogens with one attached hydrogen (secondary N) is 1. The maximum atomic E-state index is 11.6. The second-order valence-electron chi connectivity index (χ2n) is 3.53. The predicted octanol–water partition coefficient (Wildman–Crippen LogP) is 1.08. The Bertz CT molecular complexity index is 473. The lowest BCUT2D eigenvalue weighted by molar-refractivity contribution is -0.115. The number of ketones is 1. The molecule has 3 aliphatic heterocycles. The highest BCUT2D eigenvalue weighted by Crippen LogP contribution is 2.31. The summed E-state index contributed by atoms with van der Waals surface area (Å²) in [6.07, 6.45) is 5.65. The number of allylic oxidation sites excluding steroid dienone is 2. The molecule has 3 rings (SSSR count). The van der Waals surface area contributed by atoms with E-state index in [9.17, 15) is 4.79 Å². The average Bonchev–Trinajstić information content (AvgIpc) is 2.59. The van der Waals surface area contributed by atoms with Gasteiger partial charge in [-0.3, -0.25) is 4.79 Å². The molecule has 0 saturated carbocycles. The molecule has 3 heterocycles. The smallest absolute Gasteiger partial charge is 0.188 e. The van der Waals surface area contributed by atoms with Gasteiger partial charge in [0.2, 0.25) is 0 Å². The first-order valence-corrected chi connectivity index (χ1v) is 5.04. The molecule has 3 aliphatic rings. The van der Waals surface area contributed by atoms with Crippen molar-refractivity contribution in [3.63, 3.8) is 0 Å². The van der Waals surface area contributed by atoms with Crippen LogP contribution in [0.4, 0.5) is 0 Å². The molecule has 0 aromatic heterocycles. The number of hydrogen-bond acceptors (Lipinski definition) is 4. The van der Waals surface area contributed by atoms with E-state index < -0.39 is 0 Å². The molecule has 0 saturated heterocycles. The lowest BCUT2D eigenvalue weighted by atomic mass is 10.1. The van der Waals surface area contributed by atoms with Gasteiger partial charge in [0.05, 0.1) is 12.2 Å². The Balaban J connectivity index is 2.05. The summed E-state index contributed by atoms with van der Waals surface area (Å²) < 4.78 is 0. The van der Waals surface area contributed by atoms with Crippen molar-refractivity contribution in [1.29, 1.82) is 0 Å². The van der Waals surface area contributed by atoms with Crippen LogP contribution in [0.2, 0.25) is 0 Å².